The lowest BCUT2D eigenvalue weighted by atomic mass is 9.69. The van der Waals surface area contributed by atoms with Gasteiger partial charge in [0.25, 0.3) is 0 Å². The fraction of sp³-hybridized carbons (Fsp3) is 0.680. The number of anilines is 1. The minimum Gasteiger partial charge on any atom is -0.426 e. The van der Waals surface area contributed by atoms with Crippen molar-refractivity contribution in [2.45, 2.75) is 162 Å². The van der Waals surface area contributed by atoms with Crippen molar-refractivity contribution in [2.24, 2.45) is 52.4 Å². The molecule has 1 heterocycles. The molecular weight excluding hydrogens is 739 g/mol. The third kappa shape index (κ3) is 11.3. The Labute approximate surface area is 353 Å². The van der Waals surface area contributed by atoms with Crippen LogP contribution < -0.4 is 14.5 Å². The summed E-state index contributed by atoms with van der Waals surface area (Å²) in [6, 6.07) is 13.6. The number of ether oxygens (including phenoxy) is 2. The number of hydrogen-bond acceptors (Lipinski definition) is 8. The van der Waals surface area contributed by atoms with Crippen molar-refractivity contribution in [2.75, 3.05) is 11.6 Å². The zero-order chi connectivity index (χ0) is 40.3. The highest BCUT2D eigenvalue weighted by Gasteiger charge is 2.35. The summed E-state index contributed by atoms with van der Waals surface area (Å²) in [6.45, 7) is 7.61. The molecule has 0 unspecified atom stereocenters. The fourth-order valence-corrected chi connectivity index (χ4v) is 11.9. The Morgan fingerprint density at radius 2 is 1.24 bits per heavy atom. The number of hydrogen-bond donors (Lipinski definition) is 0. The number of carbonyl (C=O) groups excluding carboxylic acids is 2. The van der Waals surface area contributed by atoms with E-state index in [1.54, 1.807) is 29.7 Å². The topological polar surface area (TPSA) is 81.1 Å². The second-order valence-electron chi connectivity index (χ2n) is 18.5. The normalized spacial score (nSPS) is 28.1. The van der Waals surface area contributed by atoms with Crippen LogP contribution in [-0.4, -0.2) is 29.7 Å². The Kier molecular flexibility index (Phi) is 15.7. The van der Waals surface area contributed by atoms with Crippen molar-refractivity contribution in [3.05, 3.63) is 48.0 Å². The number of benzene rings is 2. The van der Waals surface area contributed by atoms with Crippen LogP contribution in [0.4, 0.5) is 5.13 Å². The average molecular weight is 810 g/mol. The Hall–Kier alpha value is -3.26. The van der Waals surface area contributed by atoms with Gasteiger partial charge in [0.1, 0.15) is 11.5 Å². The molecule has 4 fully saturated rings. The predicted octanol–water partition coefficient (Wildman–Crippen LogP) is 13.6. The number of esters is 2. The molecule has 58 heavy (non-hydrogen) atoms. The number of thiazole rings is 1. The molecule has 0 spiro atoms. The Balaban J connectivity index is 1.04. The third-order valence-corrected chi connectivity index (χ3v) is 16.0. The summed E-state index contributed by atoms with van der Waals surface area (Å²) in [5.41, 5.74) is 1.59. The van der Waals surface area contributed by atoms with Crippen molar-refractivity contribution in [3.63, 3.8) is 0 Å². The van der Waals surface area contributed by atoms with E-state index in [0.29, 0.717) is 17.1 Å². The van der Waals surface area contributed by atoms with Crippen LogP contribution in [0.1, 0.15) is 168 Å². The molecule has 0 radical (unpaired) electrons. The lowest BCUT2D eigenvalue weighted by Crippen LogP contribution is -2.30. The van der Waals surface area contributed by atoms with Gasteiger partial charge in [-0.25, -0.2) is 9.99 Å². The molecule has 4 aliphatic rings. The van der Waals surface area contributed by atoms with Crippen LogP contribution in [0, 0.1) is 47.3 Å². The Bertz CT molecular complexity index is 1740. The quantitative estimate of drug-likeness (QED) is 0.0471. The van der Waals surface area contributed by atoms with Crippen LogP contribution in [0.2, 0.25) is 0 Å². The first-order chi connectivity index (χ1) is 28.4. The van der Waals surface area contributed by atoms with E-state index in [1.165, 1.54) is 70.6 Å². The van der Waals surface area contributed by atoms with Crippen molar-refractivity contribution >= 4 is 44.8 Å². The van der Waals surface area contributed by atoms with Crippen LogP contribution in [0.3, 0.4) is 0 Å². The number of unbranched alkanes of at least 4 members (excludes halogenated alkanes) is 3. The van der Waals surface area contributed by atoms with Gasteiger partial charge in [-0.1, -0.05) is 102 Å². The molecule has 0 N–H and O–H groups in total. The molecule has 1 aromatic heterocycles. The molecule has 2 aromatic carbocycles. The van der Waals surface area contributed by atoms with Gasteiger partial charge in [0.2, 0.25) is 5.13 Å². The Morgan fingerprint density at radius 3 is 1.79 bits per heavy atom. The standard InChI is InChI=1S/C50H71N3O4S/c1-4-7-8-11-32-53(50-52-45-12-9-10-13-47(45)58-50)51-34-43-33-44(56-48(54)41-26-22-39(23-27-41)37-18-14-35(5-2)15-19-37)30-31-46(43)57-49(55)42-28-24-40(25-29-42)38-20-16-36(6-3)17-21-38/h9-10,12-13,30-31,33-42H,4-8,11,14-29,32H2,1-3H3/b51-34+. The predicted molar refractivity (Wildman–Crippen MR) is 239 cm³/mol. The number of nitrogens with zero attached hydrogens (tertiary/aromatic N) is 3. The molecule has 0 aliphatic heterocycles. The van der Waals surface area contributed by atoms with Crippen molar-refractivity contribution < 1.29 is 19.1 Å². The van der Waals surface area contributed by atoms with Gasteiger partial charge in [-0.3, -0.25) is 9.59 Å². The molecule has 3 aromatic rings. The first-order valence-corrected chi connectivity index (χ1v) is 24.5. The Morgan fingerprint density at radius 1 is 0.690 bits per heavy atom. The van der Waals surface area contributed by atoms with E-state index in [0.717, 1.165) is 128 Å². The first-order valence-electron chi connectivity index (χ1n) is 23.6. The second-order valence-corrected chi connectivity index (χ2v) is 19.5. The third-order valence-electron chi connectivity index (χ3n) is 15.0. The molecule has 0 saturated heterocycles. The monoisotopic (exact) mass is 810 g/mol. The molecule has 8 heteroatoms. The molecule has 7 nitrogen and oxygen atoms in total. The average Bonchev–Trinajstić information content (AvgIpc) is 3.71. The van der Waals surface area contributed by atoms with Gasteiger partial charge in [-0.2, -0.15) is 5.10 Å². The number of carbonyl (C=O) groups is 2. The summed E-state index contributed by atoms with van der Waals surface area (Å²) in [5, 5.41) is 7.82. The fourth-order valence-electron chi connectivity index (χ4n) is 11.0. The van der Waals surface area contributed by atoms with Gasteiger partial charge >= 0.3 is 11.9 Å². The van der Waals surface area contributed by atoms with Crippen LogP contribution in [0.15, 0.2) is 47.6 Å². The molecular formula is C50H71N3O4S. The van der Waals surface area contributed by atoms with Crippen LogP contribution in [0.25, 0.3) is 10.2 Å². The van der Waals surface area contributed by atoms with Crippen molar-refractivity contribution in [3.8, 4) is 11.5 Å². The second kappa shape index (κ2) is 21.3. The molecule has 7 rings (SSSR count). The van der Waals surface area contributed by atoms with E-state index in [9.17, 15) is 9.59 Å². The zero-order valence-corrected chi connectivity index (χ0v) is 36.7. The van der Waals surface area contributed by atoms with Crippen molar-refractivity contribution in [1.29, 1.82) is 0 Å². The smallest absolute Gasteiger partial charge is 0.314 e. The van der Waals surface area contributed by atoms with Gasteiger partial charge in [-0.15, -0.1) is 0 Å². The van der Waals surface area contributed by atoms with Gasteiger partial charge < -0.3 is 9.47 Å². The van der Waals surface area contributed by atoms with Gasteiger partial charge in [0.15, 0.2) is 0 Å². The van der Waals surface area contributed by atoms with E-state index in [1.807, 2.05) is 29.3 Å². The molecule has 4 saturated carbocycles. The molecule has 316 valence electrons. The van der Waals surface area contributed by atoms with E-state index in [4.69, 9.17) is 19.6 Å². The van der Waals surface area contributed by atoms with Crippen LogP contribution >= 0.6 is 11.3 Å². The number of para-hydroxylation sites is 1. The minimum atomic E-state index is -0.157. The van der Waals surface area contributed by atoms with E-state index >= 15 is 0 Å². The van der Waals surface area contributed by atoms with Crippen LogP contribution in [-0.2, 0) is 9.59 Å². The summed E-state index contributed by atoms with van der Waals surface area (Å²) in [4.78, 5) is 32.4. The summed E-state index contributed by atoms with van der Waals surface area (Å²) >= 11 is 1.63. The number of hydrazone groups is 1. The highest BCUT2D eigenvalue weighted by Crippen LogP contribution is 2.44. The summed E-state index contributed by atoms with van der Waals surface area (Å²) in [5.74, 6) is 5.40. The zero-order valence-electron chi connectivity index (χ0n) is 35.9. The maximum Gasteiger partial charge on any atom is 0.314 e. The van der Waals surface area contributed by atoms with Crippen LogP contribution in [0.5, 0.6) is 11.5 Å². The molecule has 0 atom stereocenters. The van der Waals surface area contributed by atoms with Gasteiger partial charge in [0, 0.05) is 12.1 Å². The first kappa shape index (κ1) is 42.8. The van der Waals surface area contributed by atoms with E-state index in [-0.39, 0.29) is 23.8 Å². The molecule has 0 bridgehead atoms. The van der Waals surface area contributed by atoms with Crippen molar-refractivity contribution in [1.82, 2.24) is 4.98 Å². The molecule has 0 amide bonds. The lowest BCUT2D eigenvalue weighted by molar-refractivity contribution is -0.141. The number of aromatic nitrogens is 1. The van der Waals surface area contributed by atoms with Gasteiger partial charge in [-0.05, 0) is 149 Å². The minimum absolute atomic E-state index is 0.0766. The number of rotatable bonds is 16. The number of fused-ring (bicyclic) bond motifs is 1. The summed E-state index contributed by atoms with van der Waals surface area (Å²) in [6.07, 6.45) is 27.8. The highest BCUT2D eigenvalue weighted by atomic mass is 32.1. The molecule has 4 aliphatic carbocycles. The summed E-state index contributed by atoms with van der Waals surface area (Å²) in [7, 11) is 0. The largest absolute Gasteiger partial charge is 0.426 e. The lowest BCUT2D eigenvalue weighted by Gasteiger charge is -2.37. The SMILES string of the molecule is CCCCCCN(/N=C/c1cc(OC(=O)C2CCC(C3CCC(CC)CC3)CC2)ccc1OC(=O)C1CCC(C2CCC(CC)CC2)CC1)c1nc2ccccc2s1. The highest BCUT2D eigenvalue weighted by molar-refractivity contribution is 7.22. The van der Waals surface area contributed by atoms with E-state index < -0.39 is 0 Å². The van der Waals surface area contributed by atoms with Gasteiger partial charge in [0.05, 0.1) is 28.3 Å². The summed E-state index contributed by atoms with van der Waals surface area (Å²) < 4.78 is 13.5. The van der Waals surface area contributed by atoms with E-state index in [2.05, 4.69) is 26.8 Å². The maximum atomic E-state index is 13.8. The maximum absolute atomic E-state index is 13.8.